The zero-order chi connectivity index (χ0) is 16.9. The van der Waals surface area contributed by atoms with Crippen LogP contribution in [0, 0.1) is 11.8 Å². The van der Waals surface area contributed by atoms with E-state index < -0.39 is 35.9 Å². The maximum absolute atomic E-state index is 14.5. The number of carbonyl (C=O) groups is 4. The van der Waals surface area contributed by atoms with Gasteiger partial charge in [-0.3, -0.25) is 14.4 Å². The number of carbonyl (C=O) groups excluding carboxylic acids is 4. The second-order valence-electron chi connectivity index (χ2n) is 5.39. The van der Waals surface area contributed by atoms with Crippen LogP contribution in [0.1, 0.15) is 44.9 Å². The van der Waals surface area contributed by atoms with Gasteiger partial charge in [0.05, 0.1) is 0 Å². The molecule has 23 heavy (non-hydrogen) atoms. The molecule has 1 atom stereocenters. The highest BCUT2D eigenvalue weighted by Gasteiger charge is 2.37. The normalized spacial score (nSPS) is 24.3. The van der Waals surface area contributed by atoms with Crippen LogP contribution < -0.4 is 5.32 Å². The molecule has 8 heteroatoms. The molecule has 1 fully saturated rings. The van der Waals surface area contributed by atoms with E-state index in [2.05, 4.69) is 22.0 Å². The summed E-state index contributed by atoms with van der Waals surface area (Å²) in [4.78, 5) is 50.6. The molecule has 1 N–H and O–H groups in total. The van der Waals surface area contributed by atoms with Crippen molar-refractivity contribution in [3.05, 3.63) is 0 Å². The summed E-state index contributed by atoms with van der Waals surface area (Å²) in [5.41, 5.74) is -2.33. The van der Waals surface area contributed by atoms with Crippen molar-refractivity contribution in [1.29, 1.82) is 0 Å². The molecule has 0 bridgehead atoms. The number of halogens is 1. The molecule has 0 spiro atoms. The van der Waals surface area contributed by atoms with Gasteiger partial charge < -0.3 is 10.2 Å². The van der Waals surface area contributed by atoms with E-state index in [9.17, 15) is 23.6 Å². The molecule has 1 aliphatic heterocycles. The fraction of sp³-hybridized carbons (Fsp3) is 0.600. The van der Waals surface area contributed by atoms with E-state index in [1.165, 1.54) is 0 Å². The average molecular weight is 324 g/mol. The zero-order valence-corrected chi connectivity index (χ0v) is 12.5. The summed E-state index contributed by atoms with van der Waals surface area (Å²) in [6.07, 6.45) is 2.62. The van der Waals surface area contributed by atoms with Crippen LogP contribution in [0.25, 0.3) is 0 Å². The first-order chi connectivity index (χ1) is 10.9. The van der Waals surface area contributed by atoms with Gasteiger partial charge in [0, 0.05) is 25.7 Å². The molecule has 0 aromatic rings. The summed E-state index contributed by atoms with van der Waals surface area (Å²) < 4.78 is 14.5. The second kappa shape index (κ2) is 7.22. The average Bonchev–Trinajstić information content (AvgIpc) is 2.80. The third-order valence-corrected chi connectivity index (χ3v) is 3.56. The molecule has 2 aliphatic rings. The SMILES string of the molecule is O=C(CNC(=O)C1(F)C#CCCCCC1)ON1C(=O)CCC1=O. The van der Waals surface area contributed by atoms with Crippen molar-refractivity contribution >= 4 is 23.7 Å². The highest BCUT2D eigenvalue weighted by molar-refractivity contribution is 6.01. The molecule has 2 rings (SSSR count). The van der Waals surface area contributed by atoms with E-state index in [1.807, 2.05) is 0 Å². The summed E-state index contributed by atoms with van der Waals surface area (Å²) in [5.74, 6) is 1.65. The fourth-order valence-electron chi connectivity index (χ4n) is 2.28. The molecule has 0 aromatic heterocycles. The maximum atomic E-state index is 14.5. The summed E-state index contributed by atoms with van der Waals surface area (Å²) >= 11 is 0. The van der Waals surface area contributed by atoms with Gasteiger partial charge in [-0.15, -0.1) is 5.06 Å². The second-order valence-corrected chi connectivity index (χ2v) is 5.39. The van der Waals surface area contributed by atoms with Gasteiger partial charge in [-0.1, -0.05) is 18.3 Å². The number of nitrogens with one attached hydrogen (secondary N) is 1. The van der Waals surface area contributed by atoms with Crippen LogP contribution in [-0.4, -0.2) is 41.0 Å². The smallest absolute Gasteiger partial charge is 0.341 e. The standard InChI is InChI=1S/C15H17FN2O5/c16-15(8-4-2-1-3-5-9-15)14(22)17-10-13(21)23-18-11(19)6-7-12(18)20/h1-4,6-8,10H2,(H,17,22). The molecule has 1 heterocycles. The lowest BCUT2D eigenvalue weighted by molar-refractivity contribution is -0.196. The number of hydrogen-bond acceptors (Lipinski definition) is 5. The van der Waals surface area contributed by atoms with Crippen molar-refractivity contribution in [3.8, 4) is 11.8 Å². The topological polar surface area (TPSA) is 92.8 Å². The Morgan fingerprint density at radius 1 is 1.22 bits per heavy atom. The van der Waals surface area contributed by atoms with E-state index in [4.69, 9.17) is 0 Å². The lowest BCUT2D eigenvalue weighted by Crippen LogP contribution is -2.46. The molecular formula is C15H17FN2O5. The Morgan fingerprint density at radius 3 is 2.61 bits per heavy atom. The molecule has 1 unspecified atom stereocenters. The number of rotatable bonds is 4. The lowest BCUT2D eigenvalue weighted by atomic mass is 9.94. The van der Waals surface area contributed by atoms with E-state index in [0.717, 1.165) is 12.8 Å². The van der Waals surface area contributed by atoms with Crippen molar-refractivity contribution < 1.29 is 28.4 Å². The largest absolute Gasteiger partial charge is 0.352 e. The predicted octanol–water partition coefficient (Wildman–Crippen LogP) is 0.386. The van der Waals surface area contributed by atoms with Gasteiger partial charge in [0.15, 0.2) is 0 Å². The summed E-state index contributed by atoms with van der Waals surface area (Å²) in [6, 6.07) is 0. The number of hydroxylamine groups is 2. The molecule has 0 radical (unpaired) electrons. The van der Waals surface area contributed by atoms with Crippen LogP contribution in [0.15, 0.2) is 0 Å². The zero-order valence-electron chi connectivity index (χ0n) is 12.5. The Kier molecular flexibility index (Phi) is 5.32. The highest BCUT2D eigenvalue weighted by atomic mass is 19.1. The molecule has 124 valence electrons. The lowest BCUT2D eigenvalue weighted by Gasteiger charge is -2.20. The van der Waals surface area contributed by atoms with Gasteiger partial charge in [-0.2, -0.15) is 0 Å². The number of alkyl halides is 1. The first kappa shape index (κ1) is 16.9. The Morgan fingerprint density at radius 2 is 1.91 bits per heavy atom. The van der Waals surface area contributed by atoms with Crippen LogP contribution in [0.2, 0.25) is 0 Å². The van der Waals surface area contributed by atoms with Crippen LogP contribution in [0.4, 0.5) is 4.39 Å². The van der Waals surface area contributed by atoms with Crippen molar-refractivity contribution in [1.82, 2.24) is 10.4 Å². The van der Waals surface area contributed by atoms with E-state index in [0.29, 0.717) is 17.9 Å². The minimum absolute atomic E-state index is 0.0261. The van der Waals surface area contributed by atoms with Crippen LogP contribution in [0.5, 0.6) is 0 Å². The molecule has 1 aliphatic carbocycles. The van der Waals surface area contributed by atoms with Crippen molar-refractivity contribution in [3.63, 3.8) is 0 Å². The fourth-order valence-corrected chi connectivity index (χ4v) is 2.28. The Labute approximate surface area is 132 Å². The van der Waals surface area contributed by atoms with Gasteiger partial charge in [0.25, 0.3) is 17.7 Å². The predicted molar refractivity (Wildman–Crippen MR) is 74.9 cm³/mol. The summed E-state index contributed by atoms with van der Waals surface area (Å²) in [7, 11) is 0. The van der Waals surface area contributed by atoms with Gasteiger partial charge in [-0.25, -0.2) is 9.18 Å². The number of amides is 3. The molecule has 0 aromatic carbocycles. The van der Waals surface area contributed by atoms with Gasteiger partial charge in [0.1, 0.15) is 6.54 Å². The molecule has 3 amide bonds. The van der Waals surface area contributed by atoms with Crippen molar-refractivity contribution in [2.45, 2.75) is 50.6 Å². The van der Waals surface area contributed by atoms with Crippen LogP contribution in [-0.2, 0) is 24.0 Å². The first-order valence-corrected chi connectivity index (χ1v) is 7.46. The van der Waals surface area contributed by atoms with E-state index in [1.54, 1.807) is 0 Å². The molecule has 7 nitrogen and oxygen atoms in total. The number of nitrogens with zero attached hydrogens (tertiary/aromatic N) is 1. The van der Waals surface area contributed by atoms with Gasteiger partial charge in [0.2, 0.25) is 5.67 Å². The highest BCUT2D eigenvalue weighted by Crippen LogP contribution is 2.22. The molecular weight excluding hydrogens is 307 g/mol. The third kappa shape index (κ3) is 4.28. The first-order valence-electron chi connectivity index (χ1n) is 7.46. The maximum Gasteiger partial charge on any atom is 0.352 e. The Balaban J connectivity index is 1.86. The summed E-state index contributed by atoms with van der Waals surface area (Å²) in [6.45, 7) is -0.650. The third-order valence-electron chi connectivity index (χ3n) is 3.56. The quantitative estimate of drug-likeness (QED) is 0.596. The molecule has 1 saturated heterocycles. The monoisotopic (exact) mass is 324 g/mol. The van der Waals surface area contributed by atoms with E-state index in [-0.39, 0.29) is 19.3 Å². The van der Waals surface area contributed by atoms with Gasteiger partial charge >= 0.3 is 5.97 Å². The summed E-state index contributed by atoms with van der Waals surface area (Å²) in [5, 5.41) is 2.47. The van der Waals surface area contributed by atoms with Gasteiger partial charge in [-0.05, 0) is 12.8 Å². The minimum atomic E-state index is -2.33. The number of hydrogen-bond donors (Lipinski definition) is 1. The minimum Gasteiger partial charge on any atom is -0.341 e. The Hall–Kier alpha value is -2.43. The molecule has 0 saturated carbocycles. The van der Waals surface area contributed by atoms with Crippen LogP contribution in [0.3, 0.4) is 0 Å². The van der Waals surface area contributed by atoms with Crippen LogP contribution >= 0.6 is 0 Å². The number of imide groups is 1. The van der Waals surface area contributed by atoms with Crippen molar-refractivity contribution in [2.75, 3.05) is 6.54 Å². The Bertz CT molecular complexity index is 578. The van der Waals surface area contributed by atoms with Crippen molar-refractivity contribution in [2.24, 2.45) is 0 Å². The van der Waals surface area contributed by atoms with E-state index >= 15 is 0 Å².